The third-order valence-electron chi connectivity index (χ3n) is 6.10. The van der Waals surface area contributed by atoms with E-state index in [9.17, 15) is 31.2 Å². The first-order chi connectivity index (χ1) is 17.3. The zero-order valence-corrected chi connectivity index (χ0v) is 21.0. The van der Waals surface area contributed by atoms with Crippen LogP contribution in [0.1, 0.15) is 45.6 Å². The van der Waals surface area contributed by atoms with Crippen LogP contribution in [0.25, 0.3) is 5.69 Å². The molecule has 196 valence electrons. The fourth-order valence-corrected chi connectivity index (χ4v) is 4.62. The predicted octanol–water partition coefficient (Wildman–Crippen LogP) is 3.75. The lowest BCUT2D eigenvalue weighted by Crippen LogP contribution is -2.36. The van der Waals surface area contributed by atoms with Gasteiger partial charge in [-0.15, -0.1) is 0 Å². The van der Waals surface area contributed by atoms with Gasteiger partial charge in [0.2, 0.25) is 0 Å². The van der Waals surface area contributed by atoms with Gasteiger partial charge in [-0.3, -0.25) is 14.2 Å². The SMILES string of the molecule is Cc1cc(CNC2CC2)c(C(=O)NCc2ccc(S(C)(=O)=O)cc2)c(=O)n1-c1cccc(C(F)(F)F)c1. The van der Waals surface area contributed by atoms with Gasteiger partial charge in [-0.2, -0.15) is 13.2 Å². The molecule has 1 aliphatic carbocycles. The number of nitrogens with one attached hydrogen (secondary N) is 2. The van der Waals surface area contributed by atoms with Gasteiger partial charge in [0.05, 0.1) is 10.5 Å². The van der Waals surface area contributed by atoms with E-state index in [0.29, 0.717) is 22.9 Å². The van der Waals surface area contributed by atoms with Crippen molar-refractivity contribution < 1.29 is 26.4 Å². The monoisotopic (exact) mass is 533 g/mol. The van der Waals surface area contributed by atoms with Crippen molar-refractivity contribution in [2.75, 3.05) is 6.26 Å². The van der Waals surface area contributed by atoms with Gasteiger partial charge in [0.15, 0.2) is 9.84 Å². The van der Waals surface area contributed by atoms with Crippen LogP contribution in [-0.4, -0.2) is 31.2 Å². The van der Waals surface area contributed by atoms with Crippen molar-refractivity contribution in [3.8, 4) is 5.69 Å². The highest BCUT2D eigenvalue weighted by Crippen LogP contribution is 2.30. The number of alkyl halides is 3. The molecule has 0 spiro atoms. The second kappa shape index (κ2) is 10.1. The molecule has 3 aromatic rings. The van der Waals surface area contributed by atoms with E-state index in [1.54, 1.807) is 25.1 Å². The molecule has 37 heavy (non-hydrogen) atoms. The standard InChI is InChI=1S/C26H26F3N3O4S/c1-16-12-18(15-30-20-8-9-20)23(24(33)31-14-17-6-10-22(11-7-17)37(2,35)36)25(34)32(16)21-5-3-4-19(13-21)26(27,28)29/h3-7,10-13,20,30H,8-9,14-15H2,1-2H3,(H,31,33). The minimum absolute atomic E-state index is 0.00411. The van der Waals surface area contributed by atoms with E-state index in [2.05, 4.69) is 10.6 Å². The highest BCUT2D eigenvalue weighted by molar-refractivity contribution is 7.90. The van der Waals surface area contributed by atoms with Gasteiger partial charge in [-0.05, 0) is 67.3 Å². The number of benzene rings is 2. The molecular weight excluding hydrogens is 507 g/mol. The number of aromatic nitrogens is 1. The van der Waals surface area contributed by atoms with E-state index < -0.39 is 33.0 Å². The molecular formula is C26H26F3N3O4S. The minimum Gasteiger partial charge on any atom is -0.348 e. The summed E-state index contributed by atoms with van der Waals surface area (Å²) in [4.78, 5) is 26.9. The molecule has 0 unspecified atom stereocenters. The minimum atomic E-state index is -4.59. The van der Waals surface area contributed by atoms with Crippen LogP contribution in [-0.2, 0) is 29.1 Å². The Morgan fingerprint density at radius 1 is 1.05 bits per heavy atom. The average Bonchev–Trinajstić information content (AvgIpc) is 3.65. The molecule has 7 nitrogen and oxygen atoms in total. The van der Waals surface area contributed by atoms with Crippen LogP contribution in [0.2, 0.25) is 0 Å². The summed E-state index contributed by atoms with van der Waals surface area (Å²) in [6.45, 7) is 1.89. The van der Waals surface area contributed by atoms with Crippen LogP contribution in [0.5, 0.6) is 0 Å². The Labute approximate surface area is 212 Å². The molecule has 4 rings (SSSR count). The van der Waals surface area contributed by atoms with E-state index >= 15 is 0 Å². The van der Waals surface area contributed by atoms with Crippen LogP contribution < -0.4 is 16.2 Å². The average molecular weight is 534 g/mol. The van der Waals surface area contributed by atoms with Crippen molar-refractivity contribution in [3.05, 3.63) is 92.9 Å². The molecule has 2 aromatic carbocycles. The zero-order chi connectivity index (χ0) is 27.0. The quantitative estimate of drug-likeness (QED) is 0.460. The van der Waals surface area contributed by atoms with Crippen LogP contribution in [0.4, 0.5) is 13.2 Å². The Bertz CT molecular complexity index is 1490. The number of rotatable bonds is 8. The Balaban J connectivity index is 1.68. The number of pyridine rings is 1. The summed E-state index contributed by atoms with van der Waals surface area (Å²) in [5, 5.41) is 5.95. The topological polar surface area (TPSA) is 97.3 Å². The number of carbonyl (C=O) groups is 1. The molecule has 11 heteroatoms. The lowest BCUT2D eigenvalue weighted by atomic mass is 10.1. The van der Waals surface area contributed by atoms with Gasteiger partial charge in [-0.25, -0.2) is 8.42 Å². The van der Waals surface area contributed by atoms with Gasteiger partial charge >= 0.3 is 6.18 Å². The van der Waals surface area contributed by atoms with E-state index in [4.69, 9.17) is 0 Å². The summed E-state index contributed by atoms with van der Waals surface area (Å²) in [6.07, 6.45) is -1.51. The summed E-state index contributed by atoms with van der Waals surface area (Å²) >= 11 is 0. The molecule has 0 bridgehead atoms. The third-order valence-corrected chi connectivity index (χ3v) is 7.22. The van der Waals surface area contributed by atoms with Gasteiger partial charge in [0, 0.05) is 36.8 Å². The molecule has 0 radical (unpaired) electrons. The van der Waals surface area contributed by atoms with E-state index in [-0.39, 0.29) is 29.2 Å². The van der Waals surface area contributed by atoms with Crippen LogP contribution in [0, 0.1) is 6.92 Å². The van der Waals surface area contributed by atoms with Crippen LogP contribution in [0.3, 0.4) is 0 Å². The number of nitrogens with zero attached hydrogens (tertiary/aromatic N) is 1. The smallest absolute Gasteiger partial charge is 0.348 e. The number of halogens is 3. The maximum Gasteiger partial charge on any atom is 0.416 e. The van der Waals surface area contributed by atoms with Gasteiger partial charge in [0.1, 0.15) is 5.56 Å². The Morgan fingerprint density at radius 3 is 2.32 bits per heavy atom. The summed E-state index contributed by atoms with van der Waals surface area (Å²) in [5.74, 6) is -0.675. The zero-order valence-electron chi connectivity index (χ0n) is 20.2. The summed E-state index contributed by atoms with van der Waals surface area (Å²) in [6, 6.07) is 12.3. The molecule has 1 aliphatic rings. The number of carbonyl (C=O) groups excluding carboxylic acids is 1. The van der Waals surface area contributed by atoms with Crippen LogP contribution in [0.15, 0.2) is 64.3 Å². The van der Waals surface area contributed by atoms with Crippen molar-refractivity contribution in [2.24, 2.45) is 0 Å². The lowest BCUT2D eigenvalue weighted by molar-refractivity contribution is -0.137. The van der Waals surface area contributed by atoms with Crippen molar-refractivity contribution in [3.63, 3.8) is 0 Å². The van der Waals surface area contributed by atoms with Gasteiger partial charge in [-0.1, -0.05) is 18.2 Å². The molecule has 0 atom stereocenters. The van der Waals surface area contributed by atoms with Crippen molar-refractivity contribution in [1.82, 2.24) is 15.2 Å². The molecule has 0 saturated heterocycles. The van der Waals surface area contributed by atoms with Crippen molar-refractivity contribution in [1.29, 1.82) is 0 Å². The number of amides is 1. The first kappa shape index (κ1) is 26.6. The number of hydrogen-bond donors (Lipinski definition) is 2. The van der Waals surface area contributed by atoms with E-state index in [1.807, 2.05) is 0 Å². The Hall–Kier alpha value is -3.44. The Morgan fingerprint density at radius 2 is 1.73 bits per heavy atom. The lowest BCUT2D eigenvalue weighted by Gasteiger charge is -2.18. The molecule has 0 aliphatic heterocycles. The number of aryl methyl sites for hydroxylation is 1. The number of sulfone groups is 1. The highest BCUT2D eigenvalue weighted by atomic mass is 32.2. The summed E-state index contributed by atoms with van der Waals surface area (Å²) in [5.41, 5.74) is -0.333. The first-order valence-electron chi connectivity index (χ1n) is 11.6. The van der Waals surface area contributed by atoms with Crippen molar-refractivity contribution >= 4 is 15.7 Å². The number of hydrogen-bond acceptors (Lipinski definition) is 5. The largest absolute Gasteiger partial charge is 0.416 e. The van der Waals surface area contributed by atoms with E-state index in [0.717, 1.165) is 35.8 Å². The highest BCUT2D eigenvalue weighted by Gasteiger charge is 2.31. The first-order valence-corrected chi connectivity index (χ1v) is 13.5. The Kier molecular flexibility index (Phi) is 7.29. The van der Waals surface area contributed by atoms with Gasteiger partial charge in [0.25, 0.3) is 11.5 Å². The third kappa shape index (κ3) is 6.28. The maximum absolute atomic E-state index is 13.6. The van der Waals surface area contributed by atoms with Crippen LogP contribution >= 0.6 is 0 Å². The molecule has 1 amide bonds. The summed E-state index contributed by atoms with van der Waals surface area (Å²) < 4.78 is 64.3. The second-order valence-electron chi connectivity index (χ2n) is 9.13. The fourth-order valence-electron chi connectivity index (χ4n) is 3.99. The summed E-state index contributed by atoms with van der Waals surface area (Å²) in [7, 11) is -3.37. The van der Waals surface area contributed by atoms with E-state index in [1.165, 1.54) is 24.3 Å². The molecule has 1 fully saturated rings. The molecule has 1 heterocycles. The molecule has 1 aromatic heterocycles. The predicted molar refractivity (Wildman–Crippen MR) is 132 cm³/mol. The second-order valence-corrected chi connectivity index (χ2v) is 11.1. The van der Waals surface area contributed by atoms with Gasteiger partial charge < -0.3 is 10.6 Å². The maximum atomic E-state index is 13.6. The molecule has 2 N–H and O–H groups in total. The van der Waals surface area contributed by atoms with Crippen molar-refractivity contribution in [2.45, 2.75) is 50.0 Å². The normalized spacial score (nSPS) is 14.0. The molecule has 1 saturated carbocycles. The fraction of sp³-hybridized carbons (Fsp3) is 0.308.